The van der Waals surface area contributed by atoms with Gasteiger partial charge in [-0.3, -0.25) is 14.4 Å². The number of thioether (sulfide) groups is 1. The van der Waals surface area contributed by atoms with Crippen LogP contribution in [0.25, 0.3) is 0 Å². The zero-order valence-corrected chi connectivity index (χ0v) is 20.1. The zero-order valence-electron chi connectivity index (χ0n) is 17.7. The lowest BCUT2D eigenvalue weighted by molar-refractivity contribution is -0.150. The molecule has 0 aromatic heterocycles. The molecule has 166 valence electrons. The van der Waals surface area contributed by atoms with E-state index in [4.69, 9.17) is 9.47 Å². The number of esters is 1. The van der Waals surface area contributed by atoms with Gasteiger partial charge in [-0.25, -0.2) is 0 Å². The fraction of sp³-hybridized carbons (Fsp3) is 0.429. The van der Waals surface area contributed by atoms with Crippen molar-refractivity contribution in [2.75, 3.05) is 33.1 Å². The summed E-state index contributed by atoms with van der Waals surface area (Å²) in [6, 6.07) is 7.22. The summed E-state index contributed by atoms with van der Waals surface area (Å²) in [6.45, 7) is 4.90. The number of benzene rings is 1. The number of amides is 2. The molecule has 0 saturated heterocycles. The van der Waals surface area contributed by atoms with Crippen LogP contribution in [0.15, 0.2) is 33.3 Å². The van der Waals surface area contributed by atoms with Crippen LogP contribution < -0.4 is 10.1 Å². The van der Waals surface area contributed by atoms with Crippen molar-refractivity contribution in [1.29, 1.82) is 5.26 Å². The van der Waals surface area contributed by atoms with Crippen molar-refractivity contribution in [3.63, 3.8) is 0 Å². The van der Waals surface area contributed by atoms with Crippen LogP contribution in [0.1, 0.15) is 25.3 Å². The molecule has 0 aliphatic carbocycles. The molecule has 1 aliphatic heterocycles. The molecule has 0 unspecified atom stereocenters. The number of nitriles is 1. The molecular weight excluding hydrogens is 486 g/mol. The molecule has 1 aliphatic rings. The molecule has 0 radical (unpaired) electrons. The van der Waals surface area contributed by atoms with Gasteiger partial charge < -0.3 is 19.7 Å². The summed E-state index contributed by atoms with van der Waals surface area (Å²) in [7, 11) is 2.72. The lowest BCUT2D eigenvalue weighted by atomic mass is 9.78. The number of hydrogen-bond acceptors (Lipinski definition) is 7. The second-order valence-corrected chi connectivity index (χ2v) is 8.41. The number of halogens is 1. The van der Waals surface area contributed by atoms with Crippen LogP contribution in [-0.2, 0) is 19.1 Å². The summed E-state index contributed by atoms with van der Waals surface area (Å²) in [5, 5.41) is 12.8. The average Bonchev–Trinajstić information content (AvgIpc) is 2.77. The van der Waals surface area contributed by atoms with Gasteiger partial charge in [-0.05, 0) is 47.5 Å². The van der Waals surface area contributed by atoms with Gasteiger partial charge in [0.1, 0.15) is 11.7 Å². The van der Waals surface area contributed by atoms with Gasteiger partial charge in [-0.1, -0.05) is 17.8 Å². The van der Waals surface area contributed by atoms with E-state index in [-0.39, 0.29) is 22.3 Å². The van der Waals surface area contributed by atoms with Gasteiger partial charge >= 0.3 is 5.97 Å². The zero-order chi connectivity index (χ0) is 23.1. The standard InChI is InChI=1S/C21H24BrN3O5S/c1-5-25(6-2)16(26)11-31-20-13(10-23)17(18(19(27)24-20)21(28)30-4)12-7-8-15(29-3)14(22)9-12/h7-9,17-18H,5-6,11H2,1-4H3,(H,24,27)/t17-,18-/m1/s1. The summed E-state index contributed by atoms with van der Waals surface area (Å²) in [5.41, 5.74) is 0.770. The predicted octanol–water partition coefficient (Wildman–Crippen LogP) is 2.80. The Balaban J connectivity index is 2.51. The number of rotatable bonds is 8. The molecule has 0 fully saturated rings. The number of hydrogen-bond donors (Lipinski definition) is 1. The predicted molar refractivity (Wildman–Crippen MR) is 120 cm³/mol. The number of carbonyl (C=O) groups excluding carboxylic acids is 3. The minimum Gasteiger partial charge on any atom is -0.496 e. The van der Waals surface area contributed by atoms with Gasteiger partial charge in [0.05, 0.1) is 41.1 Å². The Morgan fingerprint density at radius 2 is 1.97 bits per heavy atom. The minimum atomic E-state index is -1.23. The molecule has 0 saturated carbocycles. The van der Waals surface area contributed by atoms with E-state index in [1.165, 1.54) is 14.2 Å². The summed E-state index contributed by atoms with van der Waals surface area (Å²) >= 11 is 4.48. The third-order valence-corrected chi connectivity index (χ3v) is 6.60. The monoisotopic (exact) mass is 509 g/mol. The van der Waals surface area contributed by atoms with Crippen molar-refractivity contribution in [3.05, 3.63) is 38.8 Å². The van der Waals surface area contributed by atoms with Gasteiger partial charge in [0.2, 0.25) is 11.8 Å². The van der Waals surface area contributed by atoms with Crippen molar-refractivity contribution >= 4 is 45.5 Å². The highest BCUT2D eigenvalue weighted by molar-refractivity contribution is 9.10. The molecule has 2 amide bonds. The number of allylic oxidation sites excluding steroid dienone is 1. The maximum absolute atomic E-state index is 12.8. The van der Waals surface area contributed by atoms with Gasteiger partial charge in [-0.2, -0.15) is 5.26 Å². The van der Waals surface area contributed by atoms with Gasteiger partial charge in [0.25, 0.3) is 0 Å². The smallest absolute Gasteiger partial charge is 0.319 e. The molecule has 31 heavy (non-hydrogen) atoms. The van der Waals surface area contributed by atoms with E-state index in [9.17, 15) is 19.6 Å². The Kier molecular flexibility index (Phi) is 8.95. The summed E-state index contributed by atoms with van der Waals surface area (Å²) < 4.78 is 10.7. The Morgan fingerprint density at radius 3 is 2.48 bits per heavy atom. The first-order valence-electron chi connectivity index (χ1n) is 9.59. The molecule has 2 rings (SSSR count). The van der Waals surface area contributed by atoms with Crippen LogP contribution in [0, 0.1) is 17.2 Å². The van der Waals surface area contributed by atoms with Crippen LogP contribution in [0.2, 0.25) is 0 Å². The molecule has 10 heteroatoms. The molecule has 1 aromatic carbocycles. The Morgan fingerprint density at radius 1 is 1.29 bits per heavy atom. The van der Waals surface area contributed by atoms with E-state index in [1.807, 2.05) is 13.8 Å². The van der Waals surface area contributed by atoms with Crippen LogP contribution in [0.5, 0.6) is 5.75 Å². The molecule has 0 bridgehead atoms. The summed E-state index contributed by atoms with van der Waals surface area (Å²) in [4.78, 5) is 39.4. The highest BCUT2D eigenvalue weighted by Crippen LogP contribution is 2.42. The molecule has 8 nitrogen and oxygen atoms in total. The molecule has 1 N–H and O–H groups in total. The van der Waals surface area contributed by atoms with Gasteiger partial charge in [-0.15, -0.1) is 0 Å². The SMILES string of the molecule is CCN(CC)C(=O)CSC1=C(C#N)[C@@H](c2ccc(OC)c(Br)c2)[C@@H](C(=O)OC)C(=O)N1. The summed E-state index contributed by atoms with van der Waals surface area (Å²) in [6.07, 6.45) is 0. The number of nitrogens with zero attached hydrogens (tertiary/aromatic N) is 2. The van der Waals surface area contributed by atoms with Crippen molar-refractivity contribution in [2.45, 2.75) is 19.8 Å². The molecule has 0 spiro atoms. The second-order valence-electron chi connectivity index (χ2n) is 6.57. The highest BCUT2D eigenvalue weighted by atomic mass is 79.9. The van der Waals surface area contributed by atoms with Crippen LogP contribution in [-0.4, -0.2) is 55.7 Å². The lowest BCUT2D eigenvalue weighted by Gasteiger charge is -2.31. The topological polar surface area (TPSA) is 109 Å². The first-order valence-corrected chi connectivity index (χ1v) is 11.4. The van der Waals surface area contributed by atoms with E-state index in [0.717, 1.165) is 11.8 Å². The van der Waals surface area contributed by atoms with Crippen molar-refractivity contribution in [2.24, 2.45) is 5.92 Å². The quantitative estimate of drug-likeness (QED) is 0.423. The maximum atomic E-state index is 12.8. The highest BCUT2D eigenvalue weighted by Gasteiger charge is 2.44. The van der Waals surface area contributed by atoms with Crippen molar-refractivity contribution in [1.82, 2.24) is 10.2 Å². The van der Waals surface area contributed by atoms with Crippen molar-refractivity contribution in [3.8, 4) is 11.8 Å². The van der Waals surface area contributed by atoms with E-state index < -0.39 is 23.7 Å². The Bertz CT molecular complexity index is 939. The van der Waals surface area contributed by atoms with E-state index >= 15 is 0 Å². The lowest BCUT2D eigenvalue weighted by Crippen LogP contribution is -2.44. The Labute approximate surface area is 194 Å². The number of carbonyl (C=O) groups is 3. The Hall–Kier alpha value is -2.51. The summed E-state index contributed by atoms with van der Waals surface area (Å²) in [5.74, 6) is -2.90. The molecule has 2 atom stereocenters. The maximum Gasteiger partial charge on any atom is 0.319 e. The van der Waals surface area contributed by atoms with E-state index in [2.05, 4.69) is 27.3 Å². The van der Waals surface area contributed by atoms with Crippen molar-refractivity contribution < 1.29 is 23.9 Å². The van der Waals surface area contributed by atoms with Crippen LogP contribution >= 0.6 is 27.7 Å². The minimum absolute atomic E-state index is 0.0599. The molecule has 1 heterocycles. The largest absolute Gasteiger partial charge is 0.496 e. The fourth-order valence-electron chi connectivity index (χ4n) is 3.36. The number of methoxy groups -OCH3 is 2. The first-order chi connectivity index (χ1) is 14.8. The fourth-order valence-corrected chi connectivity index (χ4v) is 4.87. The van der Waals surface area contributed by atoms with Gasteiger partial charge in [0, 0.05) is 19.0 Å². The first kappa shape index (κ1) is 24.8. The number of nitrogens with one attached hydrogen (secondary N) is 1. The van der Waals surface area contributed by atoms with Gasteiger partial charge in [0.15, 0.2) is 0 Å². The third kappa shape index (κ3) is 5.40. The van der Waals surface area contributed by atoms with E-state index in [1.54, 1.807) is 23.1 Å². The normalized spacial score (nSPS) is 18.1. The molecular formula is C21H24BrN3O5S. The third-order valence-electron chi connectivity index (χ3n) is 4.97. The second kappa shape index (κ2) is 11.2. The average molecular weight is 510 g/mol. The number of ether oxygens (including phenoxy) is 2. The van der Waals surface area contributed by atoms with Crippen LogP contribution in [0.3, 0.4) is 0 Å². The van der Waals surface area contributed by atoms with E-state index in [0.29, 0.717) is 28.9 Å². The molecule has 1 aromatic rings. The van der Waals surface area contributed by atoms with Crippen LogP contribution in [0.4, 0.5) is 0 Å².